The number of nitrogens with zero attached hydrogens (tertiary/aromatic N) is 4. The van der Waals surface area contributed by atoms with Crippen LogP contribution in [0.5, 0.6) is 0 Å². The quantitative estimate of drug-likeness (QED) is 0.913. The van der Waals surface area contributed by atoms with E-state index in [0.717, 1.165) is 43.9 Å². The maximum absolute atomic E-state index is 10.4. The van der Waals surface area contributed by atoms with Crippen LogP contribution in [0, 0.1) is 5.92 Å². The van der Waals surface area contributed by atoms with Gasteiger partial charge in [-0.1, -0.05) is 6.07 Å². The molecule has 2 aromatic heterocycles. The molecule has 2 aromatic rings. The lowest BCUT2D eigenvalue weighted by molar-refractivity contribution is 0.0600. The van der Waals surface area contributed by atoms with Crippen LogP contribution >= 0.6 is 11.3 Å². The average Bonchev–Trinajstić information content (AvgIpc) is 3.18. The fraction of sp³-hybridized carbons (Fsp3) is 0.571. The lowest BCUT2D eigenvalue weighted by Crippen LogP contribution is -2.37. The maximum atomic E-state index is 10.4. The molecule has 1 N–H and O–H groups in total. The van der Waals surface area contributed by atoms with Crippen molar-refractivity contribution in [2.45, 2.75) is 25.5 Å². The molecule has 0 saturated carbocycles. The molecule has 1 aliphatic rings. The summed E-state index contributed by atoms with van der Waals surface area (Å²) >= 11 is 1.65. The van der Waals surface area contributed by atoms with Crippen LogP contribution in [0.1, 0.15) is 23.8 Å². The van der Waals surface area contributed by atoms with Crippen molar-refractivity contribution < 1.29 is 5.11 Å². The van der Waals surface area contributed by atoms with Crippen molar-refractivity contribution in [3.05, 3.63) is 35.0 Å². The van der Waals surface area contributed by atoms with Crippen molar-refractivity contribution in [2.24, 2.45) is 5.92 Å². The van der Waals surface area contributed by atoms with E-state index in [1.54, 1.807) is 24.0 Å². The molecule has 1 atom stereocenters. The second-order valence-electron chi connectivity index (χ2n) is 5.30. The van der Waals surface area contributed by atoms with Crippen molar-refractivity contribution in [1.29, 1.82) is 0 Å². The lowest BCUT2D eigenvalue weighted by atomic mass is 9.90. The molecule has 0 bridgehead atoms. The average molecular weight is 292 g/mol. The Morgan fingerprint density at radius 2 is 2.20 bits per heavy atom. The zero-order valence-corrected chi connectivity index (χ0v) is 12.2. The Bertz CT molecular complexity index is 491. The van der Waals surface area contributed by atoms with Crippen LogP contribution in [0.15, 0.2) is 30.2 Å². The number of thiophene rings is 1. The lowest BCUT2D eigenvalue weighted by Gasteiger charge is -2.33. The molecule has 1 fully saturated rings. The van der Waals surface area contributed by atoms with Crippen LogP contribution in [-0.2, 0) is 6.54 Å². The van der Waals surface area contributed by atoms with Gasteiger partial charge in [0.25, 0.3) is 0 Å². The first kappa shape index (κ1) is 13.7. The Morgan fingerprint density at radius 1 is 1.35 bits per heavy atom. The number of aliphatic hydroxyl groups is 1. The standard InChI is InChI=1S/C14H20N4OS/c19-14(13-2-1-9-20-13)12-3-5-17(6-4-12)7-8-18-11-15-10-16-18/h1-2,9-12,14,19H,3-8H2. The predicted molar refractivity (Wildman–Crippen MR) is 78.5 cm³/mol. The predicted octanol–water partition coefficient (Wildman–Crippen LogP) is 1.79. The van der Waals surface area contributed by atoms with Crippen molar-refractivity contribution in [2.75, 3.05) is 19.6 Å². The number of hydrogen-bond donors (Lipinski definition) is 1. The molecule has 6 heteroatoms. The van der Waals surface area contributed by atoms with Crippen LogP contribution in [0.3, 0.4) is 0 Å². The molecule has 0 spiro atoms. The minimum absolute atomic E-state index is 0.285. The molecule has 0 radical (unpaired) electrons. The summed E-state index contributed by atoms with van der Waals surface area (Å²) < 4.78 is 1.87. The molecular formula is C14H20N4OS. The van der Waals surface area contributed by atoms with Crippen molar-refractivity contribution in [3.8, 4) is 0 Å². The number of aromatic nitrogens is 3. The van der Waals surface area contributed by atoms with Gasteiger partial charge < -0.3 is 10.0 Å². The summed E-state index contributed by atoms with van der Waals surface area (Å²) in [6.07, 6.45) is 5.18. The third-order valence-electron chi connectivity index (χ3n) is 4.03. The maximum Gasteiger partial charge on any atom is 0.137 e. The number of likely N-dealkylation sites (tertiary alicyclic amines) is 1. The van der Waals surface area contributed by atoms with Gasteiger partial charge in [-0.25, -0.2) is 4.98 Å². The van der Waals surface area contributed by atoms with Crippen LogP contribution in [0.25, 0.3) is 0 Å². The number of hydrogen-bond acceptors (Lipinski definition) is 5. The van der Waals surface area contributed by atoms with E-state index in [4.69, 9.17) is 0 Å². The fourth-order valence-corrected chi connectivity index (χ4v) is 3.58. The smallest absolute Gasteiger partial charge is 0.137 e. The molecule has 1 saturated heterocycles. The van der Waals surface area contributed by atoms with E-state index in [1.807, 2.05) is 22.2 Å². The SMILES string of the molecule is OC(c1cccs1)C1CCN(CCn2cncn2)CC1. The molecule has 1 aliphatic heterocycles. The third-order valence-corrected chi connectivity index (χ3v) is 4.97. The van der Waals surface area contributed by atoms with Crippen LogP contribution in [0.2, 0.25) is 0 Å². The van der Waals surface area contributed by atoms with E-state index >= 15 is 0 Å². The minimum atomic E-state index is -0.285. The zero-order chi connectivity index (χ0) is 13.8. The molecule has 108 valence electrons. The molecule has 0 amide bonds. The van der Waals surface area contributed by atoms with Crippen molar-refractivity contribution >= 4 is 11.3 Å². The fourth-order valence-electron chi connectivity index (χ4n) is 2.78. The van der Waals surface area contributed by atoms with Crippen molar-refractivity contribution in [1.82, 2.24) is 19.7 Å². The minimum Gasteiger partial charge on any atom is -0.387 e. The Balaban J connectivity index is 1.45. The highest BCUT2D eigenvalue weighted by Crippen LogP contribution is 2.32. The molecule has 20 heavy (non-hydrogen) atoms. The first-order valence-corrected chi connectivity index (χ1v) is 7.97. The van der Waals surface area contributed by atoms with E-state index in [2.05, 4.69) is 15.0 Å². The third kappa shape index (κ3) is 3.26. The second kappa shape index (κ2) is 6.47. The van der Waals surface area contributed by atoms with Crippen LogP contribution in [-0.4, -0.2) is 44.4 Å². The Kier molecular flexibility index (Phi) is 4.44. The van der Waals surface area contributed by atoms with Gasteiger partial charge in [0.2, 0.25) is 0 Å². The summed E-state index contributed by atoms with van der Waals surface area (Å²) in [5.41, 5.74) is 0. The van der Waals surface area contributed by atoms with E-state index in [0.29, 0.717) is 5.92 Å². The molecule has 5 nitrogen and oxygen atoms in total. The summed E-state index contributed by atoms with van der Waals surface area (Å²) in [7, 11) is 0. The molecule has 0 aromatic carbocycles. The summed E-state index contributed by atoms with van der Waals surface area (Å²) in [6.45, 7) is 4.01. The molecule has 3 heterocycles. The molecular weight excluding hydrogens is 272 g/mol. The van der Waals surface area contributed by atoms with Crippen LogP contribution in [0.4, 0.5) is 0 Å². The van der Waals surface area contributed by atoms with E-state index in [1.165, 1.54) is 0 Å². The van der Waals surface area contributed by atoms with Gasteiger partial charge >= 0.3 is 0 Å². The van der Waals surface area contributed by atoms with Gasteiger partial charge in [-0.3, -0.25) is 4.68 Å². The van der Waals surface area contributed by atoms with Gasteiger partial charge in [0.1, 0.15) is 12.7 Å². The van der Waals surface area contributed by atoms with E-state index in [-0.39, 0.29) is 6.10 Å². The van der Waals surface area contributed by atoms with Gasteiger partial charge in [0.15, 0.2) is 0 Å². The first-order valence-electron chi connectivity index (χ1n) is 7.09. The highest BCUT2D eigenvalue weighted by Gasteiger charge is 2.26. The molecule has 3 rings (SSSR count). The Hall–Kier alpha value is -1.24. The number of aliphatic hydroxyl groups excluding tert-OH is 1. The highest BCUT2D eigenvalue weighted by molar-refractivity contribution is 7.10. The summed E-state index contributed by atoms with van der Waals surface area (Å²) in [4.78, 5) is 7.50. The summed E-state index contributed by atoms with van der Waals surface area (Å²) in [6, 6.07) is 4.04. The number of piperidine rings is 1. The largest absolute Gasteiger partial charge is 0.387 e. The Morgan fingerprint density at radius 3 is 2.85 bits per heavy atom. The highest BCUT2D eigenvalue weighted by atomic mass is 32.1. The summed E-state index contributed by atoms with van der Waals surface area (Å²) in [5, 5.41) is 16.5. The van der Waals surface area contributed by atoms with Crippen LogP contribution < -0.4 is 0 Å². The van der Waals surface area contributed by atoms with E-state index in [9.17, 15) is 5.11 Å². The van der Waals surface area contributed by atoms with Gasteiger partial charge in [-0.15, -0.1) is 11.3 Å². The van der Waals surface area contributed by atoms with Gasteiger partial charge in [-0.05, 0) is 43.3 Å². The van der Waals surface area contributed by atoms with Gasteiger partial charge in [0.05, 0.1) is 12.6 Å². The normalized spacial score (nSPS) is 19.2. The molecule has 0 aliphatic carbocycles. The second-order valence-corrected chi connectivity index (χ2v) is 6.28. The van der Waals surface area contributed by atoms with Gasteiger partial charge in [-0.2, -0.15) is 5.10 Å². The van der Waals surface area contributed by atoms with E-state index < -0.39 is 0 Å². The molecule has 1 unspecified atom stereocenters. The summed E-state index contributed by atoms with van der Waals surface area (Å²) in [5.74, 6) is 0.399. The topological polar surface area (TPSA) is 54.2 Å². The van der Waals surface area contributed by atoms with Crippen molar-refractivity contribution in [3.63, 3.8) is 0 Å². The zero-order valence-electron chi connectivity index (χ0n) is 11.4. The van der Waals surface area contributed by atoms with Gasteiger partial charge in [0, 0.05) is 11.4 Å². The first-order chi connectivity index (χ1) is 9.83. The Labute approximate surface area is 122 Å². The monoisotopic (exact) mass is 292 g/mol. The number of rotatable bonds is 5.